The van der Waals surface area contributed by atoms with Crippen LogP contribution in [0.15, 0.2) is 0 Å². The Morgan fingerprint density at radius 2 is 2.05 bits per heavy atom. The summed E-state index contributed by atoms with van der Waals surface area (Å²) in [5.74, 6) is 0. The van der Waals surface area contributed by atoms with Crippen molar-refractivity contribution in [1.29, 1.82) is 0 Å². The van der Waals surface area contributed by atoms with Crippen molar-refractivity contribution in [2.45, 2.75) is 72.9 Å². The van der Waals surface area contributed by atoms with Gasteiger partial charge in [-0.2, -0.15) is 0 Å². The van der Waals surface area contributed by atoms with Crippen LogP contribution in [0.2, 0.25) is 0 Å². The lowest BCUT2D eigenvalue weighted by Crippen LogP contribution is -2.40. The molecule has 1 aliphatic heterocycles. The molecule has 1 aromatic rings. The summed E-state index contributed by atoms with van der Waals surface area (Å²) in [6.07, 6.45) is 3.63. The van der Waals surface area contributed by atoms with Crippen molar-refractivity contribution >= 4 is 16.5 Å². The van der Waals surface area contributed by atoms with Gasteiger partial charge in [-0.05, 0) is 45.4 Å². The lowest BCUT2D eigenvalue weighted by atomic mass is 9.84. The highest BCUT2D eigenvalue weighted by Crippen LogP contribution is 2.34. The zero-order valence-electron chi connectivity index (χ0n) is 14.5. The summed E-state index contributed by atoms with van der Waals surface area (Å²) in [7, 11) is 0. The Bertz CT molecular complexity index is 471. The Kier molecular flexibility index (Phi) is 4.99. The quantitative estimate of drug-likeness (QED) is 0.902. The van der Waals surface area contributed by atoms with Crippen LogP contribution >= 0.6 is 11.3 Å². The molecular weight excluding hydrogens is 278 g/mol. The molecule has 0 saturated carbocycles. The third-order valence-corrected chi connectivity index (χ3v) is 5.21. The van der Waals surface area contributed by atoms with Gasteiger partial charge in [0.2, 0.25) is 0 Å². The maximum Gasteiger partial charge on any atom is 0.185 e. The lowest BCUT2D eigenvalue weighted by molar-refractivity contribution is 0.293. The molecule has 0 amide bonds. The molecular formula is C17H31N3S. The number of aromatic nitrogens is 1. The topological polar surface area (TPSA) is 28.2 Å². The molecule has 0 radical (unpaired) electrons. The van der Waals surface area contributed by atoms with E-state index in [1.807, 2.05) is 11.3 Å². The molecule has 1 saturated heterocycles. The van der Waals surface area contributed by atoms with E-state index in [0.29, 0.717) is 5.41 Å². The van der Waals surface area contributed by atoms with Crippen LogP contribution in [0.3, 0.4) is 0 Å². The average molecular weight is 310 g/mol. The first kappa shape index (κ1) is 16.8. The molecule has 0 spiro atoms. The number of piperidine rings is 1. The van der Waals surface area contributed by atoms with Gasteiger partial charge in [-0.1, -0.05) is 20.8 Å². The first-order valence-corrected chi connectivity index (χ1v) is 9.00. The van der Waals surface area contributed by atoms with Gasteiger partial charge in [0.15, 0.2) is 5.13 Å². The number of nitrogens with zero attached hydrogens (tertiary/aromatic N) is 2. The Hall–Kier alpha value is -0.610. The zero-order valence-corrected chi connectivity index (χ0v) is 15.4. The molecule has 1 aromatic heterocycles. The van der Waals surface area contributed by atoms with Gasteiger partial charge in [0.25, 0.3) is 0 Å². The summed E-state index contributed by atoms with van der Waals surface area (Å²) in [6, 6.07) is 0. The molecule has 0 aromatic carbocycles. The van der Waals surface area contributed by atoms with Gasteiger partial charge in [-0.3, -0.25) is 0 Å². The summed E-state index contributed by atoms with van der Waals surface area (Å²) in [5.41, 5.74) is 1.85. The molecule has 4 heteroatoms. The third-order valence-electron chi connectivity index (χ3n) is 4.05. The molecule has 1 N–H and O–H groups in total. The molecule has 0 atom stereocenters. The van der Waals surface area contributed by atoms with Gasteiger partial charge in [-0.15, -0.1) is 11.3 Å². The highest BCUT2D eigenvalue weighted by Gasteiger charge is 2.28. The van der Waals surface area contributed by atoms with Gasteiger partial charge in [0, 0.05) is 30.1 Å². The summed E-state index contributed by atoms with van der Waals surface area (Å²) in [4.78, 5) is 8.83. The first-order valence-electron chi connectivity index (χ1n) is 8.19. The SMILES string of the molecule is CCc1nc(N2CCCC(C)(C)C2)sc1CNC(C)(C)C. The van der Waals surface area contributed by atoms with Crippen LogP contribution in [0.1, 0.15) is 65.0 Å². The minimum absolute atomic E-state index is 0.155. The Morgan fingerprint density at radius 3 is 2.62 bits per heavy atom. The van der Waals surface area contributed by atoms with Gasteiger partial charge in [-0.25, -0.2) is 4.98 Å². The predicted octanol–water partition coefficient (Wildman–Crippen LogP) is 4.22. The van der Waals surface area contributed by atoms with E-state index in [1.165, 1.54) is 28.5 Å². The van der Waals surface area contributed by atoms with Crippen LogP contribution in [-0.2, 0) is 13.0 Å². The van der Waals surface area contributed by atoms with E-state index < -0.39 is 0 Å². The monoisotopic (exact) mass is 309 g/mol. The standard InChI is InChI=1S/C17H31N3S/c1-7-13-14(11-18-16(2,3)4)21-15(19-13)20-10-8-9-17(5,6)12-20/h18H,7-12H2,1-6H3. The number of nitrogens with one attached hydrogen (secondary N) is 1. The van der Waals surface area contributed by atoms with E-state index in [2.05, 4.69) is 51.8 Å². The fourth-order valence-electron chi connectivity index (χ4n) is 2.85. The lowest BCUT2D eigenvalue weighted by Gasteiger charge is -2.37. The Balaban J connectivity index is 2.12. The highest BCUT2D eigenvalue weighted by molar-refractivity contribution is 7.15. The minimum Gasteiger partial charge on any atom is -0.348 e. The largest absolute Gasteiger partial charge is 0.348 e. The van der Waals surface area contributed by atoms with E-state index in [9.17, 15) is 0 Å². The molecule has 0 aliphatic carbocycles. The van der Waals surface area contributed by atoms with Crippen molar-refractivity contribution in [3.8, 4) is 0 Å². The second-order valence-corrected chi connectivity index (χ2v) is 9.07. The average Bonchev–Trinajstić information content (AvgIpc) is 2.77. The van der Waals surface area contributed by atoms with Crippen molar-refractivity contribution < 1.29 is 0 Å². The van der Waals surface area contributed by atoms with E-state index in [1.54, 1.807) is 0 Å². The number of rotatable bonds is 4. The molecule has 2 heterocycles. The van der Waals surface area contributed by atoms with Crippen LogP contribution in [0.5, 0.6) is 0 Å². The Labute approximate surface area is 134 Å². The van der Waals surface area contributed by atoms with Crippen molar-refractivity contribution in [3.63, 3.8) is 0 Å². The minimum atomic E-state index is 0.155. The van der Waals surface area contributed by atoms with Crippen molar-refractivity contribution in [2.75, 3.05) is 18.0 Å². The predicted molar refractivity (Wildman–Crippen MR) is 93.3 cm³/mol. The third kappa shape index (κ3) is 4.68. The van der Waals surface area contributed by atoms with Crippen LogP contribution in [0, 0.1) is 5.41 Å². The smallest absolute Gasteiger partial charge is 0.185 e. The number of anilines is 1. The van der Waals surface area contributed by atoms with Crippen molar-refractivity contribution in [1.82, 2.24) is 10.3 Å². The van der Waals surface area contributed by atoms with E-state index >= 15 is 0 Å². The van der Waals surface area contributed by atoms with Crippen LogP contribution in [0.25, 0.3) is 0 Å². The summed E-state index contributed by atoms with van der Waals surface area (Å²) in [6.45, 7) is 16.8. The summed E-state index contributed by atoms with van der Waals surface area (Å²) < 4.78 is 0. The van der Waals surface area contributed by atoms with Gasteiger partial charge >= 0.3 is 0 Å². The Morgan fingerprint density at radius 1 is 1.33 bits per heavy atom. The second-order valence-electron chi connectivity index (χ2n) is 8.01. The van der Waals surface area contributed by atoms with Gasteiger partial charge < -0.3 is 10.2 Å². The summed E-state index contributed by atoms with van der Waals surface area (Å²) in [5, 5.41) is 4.82. The van der Waals surface area contributed by atoms with E-state index in [0.717, 1.165) is 26.1 Å². The first-order chi connectivity index (χ1) is 9.70. The van der Waals surface area contributed by atoms with Crippen LogP contribution in [-0.4, -0.2) is 23.6 Å². The maximum absolute atomic E-state index is 4.92. The zero-order chi connectivity index (χ0) is 15.7. The van der Waals surface area contributed by atoms with E-state index in [4.69, 9.17) is 4.98 Å². The second kappa shape index (κ2) is 6.25. The molecule has 1 aliphatic rings. The normalized spacial score (nSPS) is 19.0. The highest BCUT2D eigenvalue weighted by atomic mass is 32.1. The number of thiazole rings is 1. The van der Waals surface area contributed by atoms with Crippen LogP contribution < -0.4 is 10.2 Å². The molecule has 2 rings (SSSR count). The number of hydrogen-bond donors (Lipinski definition) is 1. The van der Waals surface area contributed by atoms with Gasteiger partial charge in [0.05, 0.1) is 5.69 Å². The fourth-order valence-corrected chi connectivity index (χ4v) is 3.96. The molecule has 3 nitrogen and oxygen atoms in total. The molecule has 21 heavy (non-hydrogen) atoms. The molecule has 0 bridgehead atoms. The molecule has 0 unspecified atom stereocenters. The van der Waals surface area contributed by atoms with Gasteiger partial charge in [0.1, 0.15) is 0 Å². The fraction of sp³-hybridized carbons (Fsp3) is 0.824. The number of hydrogen-bond acceptors (Lipinski definition) is 4. The van der Waals surface area contributed by atoms with Crippen LogP contribution in [0.4, 0.5) is 5.13 Å². The maximum atomic E-state index is 4.92. The summed E-state index contributed by atoms with van der Waals surface area (Å²) >= 11 is 1.88. The van der Waals surface area contributed by atoms with Crippen molar-refractivity contribution in [3.05, 3.63) is 10.6 Å². The van der Waals surface area contributed by atoms with E-state index in [-0.39, 0.29) is 5.54 Å². The molecule has 120 valence electrons. The van der Waals surface area contributed by atoms with Crippen molar-refractivity contribution in [2.24, 2.45) is 5.41 Å². The molecule has 1 fully saturated rings. The number of aryl methyl sites for hydroxylation is 1.